The van der Waals surface area contributed by atoms with E-state index in [0.717, 1.165) is 22.9 Å². The van der Waals surface area contributed by atoms with Crippen molar-refractivity contribution >= 4 is 33.1 Å². The summed E-state index contributed by atoms with van der Waals surface area (Å²) in [5, 5.41) is 3.07. The van der Waals surface area contributed by atoms with Crippen LogP contribution in [0.4, 0.5) is 0 Å². The van der Waals surface area contributed by atoms with E-state index >= 15 is 0 Å². The van der Waals surface area contributed by atoms with Crippen molar-refractivity contribution in [2.24, 2.45) is 0 Å². The lowest BCUT2D eigenvalue weighted by molar-refractivity contribution is 0.0382. The van der Waals surface area contributed by atoms with Gasteiger partial charge in [0.25, 0.3) is 0 Å². The highest BCUT2D eigenvalue weighted by atomic mass is 32.2. The molecule has 0 bridgehead atoms. The van der Waals surface area contributed by atoms with Crippen LogP contribution in [0.1, 0.15) is 17.1 Å². The summed E-state index contributed by atoms with van der Waals surface area (Å²) >= 11 is 3.46. The van der Waals surface area contributed by atoms with Gasteiger partial charge in [0.15, 0.2) is 0 Å². The molecule has 2 aliphatic rings. The zero-order valence-corrected chi connectivity index (χ0v) is 16.2. The number of thiazole rings is 1. The third-order valence-electron chi connectivity index (χ3n) is 4.51. The van der Waals surface area contributed by atoms with Gasteiger partial charge in [-0.2, -0.15) is 4.31 Å². The molecule has 9 heteroatoms. The summed E-state index contributed by atoms with van der Waals surface area (Å²) in [4.78, 5) is 8.59. The molecule has 2 aromatic rings. The van der Waals surface area contributed by atoms with Gasteiger partial charge in [-0.05, 0) is 25.5 Å². The van der Waals surface area contributed by atoms with Crippen LogP contribution in [0.5, 0.6) is 0 Å². The summed E-state index contributed by atoms with van der Waals surface area (Å²) in [5.41, 5.74) is 0.975. The number of pyridine rings is 1. The highest BCUT2D eigenvalue weighted by Crippen LogP contribution is 2.47. The van der Waals surface area contributed by atoms with E-state index < -0.39 is 10.0 Å². The van der Waals surface area contributed by atoms with Crippen LogP contribution in [0.2, 0.25) is 0 Å². The second-order valence-corrected chi connectivity index (χ2v) is 10.9. The lowest BCUT2D eigenvalue weighted by atomic mass is 9.95. The van der Waals surface area contributed by atoms with Gasteiger partial charge in [-0.3, -0.25) is 4.98 Å². The lowest BCUT2D eigenvalue weighted by Gasteiger charge is -2.46. The van der Waals surface area contributed by atoms with Crippen LogP contribution >= 0.6 is 23.1 Å². The Morgan fingerprint density at radius 2 is 2.28 bits per heavy atom. The zero-order valence-electron chi connectivity index (χ0n) is 13.8. The van der Waals surface area contributed by atoms with E-state index in [4.69, 9.17) is 4.74 Å². The SMILES string of the molecule is Cc1nc(CO[C@@H]2CSC3(C2)CN(S(=O)(=O)c2cccnc2)C3)cs1. The largest absolute Gasteiger partial charge is 0.371 e. The van der Waals surface area contributed by atoms with Gasteiger partial charge >= 0.3 is 0 Å². The second-order valence-electron chi connectivity index (χ2n) is 6.45. The molecule has 134 valence electrons. The second kappa shape index (κ2) is 6.62. The van der Waals surface area contributed by atoms with Gasteiger partial charge in [-0.1, -0.05) is 0 Å². The van der Waals surface area contributed by atoms with Crippen LogP contribution < -0.4 is 0 Å². The van der Waals surface area contributed by atoms with Crippen molar-refractivity contribution in [2.45, 2.75) is 35.7 Å². The number of sulfonamides is 1. The number of rotatable bonds is 5. The van der Waals surface area contributed by atoms with Gasteiger partial charge in [0.05, 0.1) is 23.4 Å². The Hall–Kier alpha value is -1.00. The van der Waals surface area contributed by atoms with Crippen molar-refractivity contribution < 1.29 is 13.2 Å². The fourth-order valence-corrected chi connectivity index (χ4v) is 7.11. The average Bonchev–Trinajstić information content (AvgIpc) is 3.19. The van der Waals surface area contributed by atoms with Crippen LogP contribution in [0.25, 0.3) is 0 Å². The molecule has 6 nitrogen and oxygen atoms in total. The lowest BCUT2D eigenvalue weighted by Crippen LogP contribution is -2.60. The molecular formula is C16H19N3O3S3. The number of aromatic nitrogens is 2. The molecule has 4 heterocycles. The van der Waals surface area contributed by atoms with Crippen molar-refractivity contribution in [1.29, 1.82) is 0 Å². The van der Waals surface area contributed by atoms with Gasteiger partial charge in [-0.15, -0.1) is 23.1 Å². The van der Waals surface area contributed by atoms with E-state index in [9.17, 15) is 8.42 Å². The number of hydrogen-bond donors (Lipinski definition) is 0. The molecule has 2 saturated heterocycles. The minimum Gasteiger partial charge on any atom is -0.371 e. The van der Waals surface area contributed by atoms with Gasteiger partial charge < -0.3 is 4.74 Å². The zero-order chi connectivity index (χ0) is 17.5. The van der Waals surface area contributed by atoms with Crippen LogP contribution in [0.3, 0.4) is 0 Å². The Labute approximate surface area is 155 Å². The number of aryl methyl sites for hydroxylation is 1. The fourth-order valence-electron chi connectivity index (χ4n) is 3.22. The molecule has 0 radical (unpaired) electrons. The summed E-state index contributed by atoms with van der Waals surface area (Å²) in [7, 11) is -3.43. The fraction of sp³-hybridized carbons (Fsp3) is 0.500. The summed E-state index contributed by atoms with van der Waals surface area (Å²) < 4.78 is 32.7. The van der Waals surface area contributed by atoms with Gasteiger partial charge in [0, 0.05) is 41.4 Å². The third-order valence-corrected chi connectivity index (χ3v) is 8.68. The maximum atomic E-state index is 12.6. The highest BCUT2D eigenvalue weighted by Gasteiger charge is 2.53. The average molecular weight is 398 g/mol. The molecule has 1 spiro atoms. The molecule has 0 aliphatic carbocycles. The molecule has 2 fully saturated rings. The van der Waals surface area contributed by atoms with Crippen LogP contribution in [-0.4, -0.2) is 52.4 Å². The summed E-state index contributed by atoms with van der Waals surface area (Å²) in [5.74, 6) is 0.907. The normalized spacial score (nSPS) is 23.0. The maximum absolute atomic E-state index is 12.6. The minimum absolute atomic E-state index is 0.00205. The Morgan fingerprint density at radius 3 is 2.96 bits per heavy atom. The van der Waals surface area contributed by atoms with Gasteiger partial charge in [0.2, 0.25) is 10.0 Å². The standard InChI is InChI=1S/C16H19N3O3S3/c1-12-18-13(8-23-12)7-22-14-5-16(24-9-14)10-19(11-16)25(20,21)15-3-2-4-17-6-15/h2-4,6,8,14H,5,7,9-11H2,1H3/t14-/m0/s1. The van der Waals surface area contributed by atoms with Crippen LogP contribution in [0.15, 0.2) is 34.8 Å². The Balaban J connectivity index is 1.33. The first-order valence-corrected chi connectivity index (χ1v) is 11.3. The molecule has 4 rings (SSSR count). The monoisotopic (exact) mass is 397 g/mol. The molecule has 0 unspecified atom stereocenters. The highest BCUT2D eigenvalue weighted by molar-refractivity contribution is 8.01. The van der Waals surface area contributed by atoms with E-state index in [-0.39, 0.29) is 15.7 Å². The smallest absolute Gasteiger partial charge is 0.244 e. The van der Waals surface area contributed by atoms with Crippen molar-refractivity contribution in [3.05, 3.63) is 40.6 Å². The summed E-state index contributed by atoms with van der Waals surface area (Å²) in [6, 6.07) is 3.24. The first-order chi connectivity index (χ1) is 12.0. The predicted octanol–water partition coefficient (Wildman–Crippen LogP) is 2.31. The van der Waals surface area contributed by atoms with Crippen molar-refractivity contribution in [1.82, 2.24) is 14.3 Å². The van der Waals surface area contributed by atoms with E-state index in [2.05, 4.69) is 9.97 Å². The van der Waals surface area contributed by atoms with E-state index in [1.54, 1.807) is 34.0 Å². The molecule has 2 aromatic heterocycles. The van der Waals surface area contributed by atoms with Crippen molar-refractivity contribution in [3.63, 3.8) is 0 Å². The molecule has 0 amide bonds. The van der Waals surface area contributed by atoms with Crippen molar-refractivity contribution in [3.8, 4) is 0 Å². The Morgan fingerprint density at radius 1 is 1.44 bits per heavy atom. The molecule has 0 aromatic carbocycles. The summed E-state index contributed by atoms with van der Waals surface area (Å²) in [6.45, 7) is 3.61. The first-order valence-electron chi connectivity index (χ1n) is 8.04. The molecule has 0 N–H and O–H groups in total. The number of hydrogen-bond acceptors (Lipinski definition) is 7. The van der Waals surface area contributed by atoms with Crippen molar-refractivity contribution in [2.75, 3.05) is 18.8 Å². The third kappa shape index (κ3) is 3.48. The van der Waals surface area contributed by atoms with Gasteiger partial charge in [-0.25, -0.2) is 13.4 Å². The number of nitrogens with zero attached hydrogens (tertiary/aromatic N) is 3. The van der Waals surface area contributed by atoms with Crippen LogP contribution in [0, 0.1) is 6.92 Å². The topological polar surface area (TPSA) is 72.4 Å². The first kappa shape index (κ1) is 17.4. The van der Waals surface area contributed by atoms with E-state index in [1.807, 2.05) is 24.1 Å². The predicted molar refractivity (Wildman–Crippen MR) is 98.2 cm³/mol. The molecule has 2 aliphatic heterocycles. The molecule has 0 saturated carbocycles. The van der Waals surface area contributed by atoms with E-state index in [0.29, 0.717) is 19.7 Å². The Kier molecular flexibility index (Phi) is 4.61. The number of thioether (sulfide) groups is 1. The molecular weight excluding hydrogens is 378 g/mol. The Bertz CT molecular complexity index is 848. The molecule has 1 atom stereocenters. The number of ether oxygens (including phenoxy) is 1. The molecule has 25 heavy (non-hydrogen) atoms. The van der Waals surface area contributed by atoms with E-state index in [1.165, 1.54) is 6.20 Å². The quantitative estimate of drug-likeness (QED) is 0.771. The maximum Gasteiger partial charge on any atom is 0.244 e. The van der Waals surface area contributed by atoms with Crippen LogP contribution in [-0.2, 0) is 21.4 Å². The summed E-state index contributed by atoms with van der Waals surface area (Å²) in [6.07, 6.45) is 4.04. The van der Waals surface area contributed by atoms with Gasteiger partial charge in [0.1, 0.15) is 4.90 Å². The minimum atomic E-state index is -3.43.